The third kappa shape index (κ3) is 2.87. The average molecular weight is 272 g/mol. The maximum Gasteiger partial charge on any atom is 0.313 e. The molecular weight excluding hydrogens is 256 g/mol. The van der Waals surface area contributed by atoms with Crippen molar-refractivity contribution in [3.05, 3.63) is 11.4 Å². The maximum absolute atomic E-state index is 13.7. The highest BCUT2D eigenvalue weighted by Crippen LogP contribution is 2.17. The molecule has 2 unspecified atom stereocenters. The largest absolute Gasteiger partial charge is 0.427 e. The number of rotatable bonds is 2. The van der Waals surface area contributed by atoms with Crippen molar-refractivity contribution < 1.29 is 13.9 Å². The molecule has 1 aromatic carbocycles. The molecule has 2 nitrogen and oxygen atoms in total. The number of hydrogen-bond donors (Lipinski definition) is 0. The van der Waals surface area contributed by atoms with Gasteiger partial charge in [-0.2, -0.15) is 0 Å². The fourth-order valence-corrected chi connectivity index (χ4v) is 2.11. The van der Waals surface area contributed by atoms with Crippen molar-refractivity contribution in [2.75, 3.05) is 0 Å². The minimum Gasteiger partial charge on any atom is -0.427 e. The van der Waals surface area contributed by atoms with Crippen molar-refractivity contribution in [3.8, 4) is 5.75 Å². The predicted octanol–water partition coefficient (Wildman–Crippen LogP) is -0.0453. The lowest BCUT2D eigenvalue weighted by Crippen LogP contribution is -2.33. The van der Waals surface area contributed by atoms with Gasteiger partial charge in [-0.15, -0.1) is 18.5 Å². The molecule has 0 aliphatic heterocycles. The van der Waals surface area contributed by atoms with Crippen LogP contribution in [0, 0.1) is 18.7 Å². The Bertz CT molecular complexity index is 446. The number of hydrogen-bond acceptors (Lipinski definition) is 2. The van der Waals surface area contributed by atoms with Gasteiger partial charge in [0.25, 0.3) is 0 Å². The summed E-state index contributed by atoms with van der Waals surface area (Å²) in [5.74, 6) is -0.351. The molecule has 1 aromatic rings. The molecule has 1 rings (SSSR count). The first-order valence-corrected chi connectivity index (χ1v) is 6.48. The van der Waals surface area contributed by atoms with Gasteiger partial charge in [0.2, 0.25) is 0 Å². The van der Waals surface area contributed by atoms with Crippen molar-refractivity contribution in [1.82, 2.24) is 0 Å². The minimum atomic E-state index is -0.309. The Hall–Kier alpha value is -0.455. The summed E-state index contributed by atoms with van der Waals surface area (Å²) in [6, 6.07) is 0. The lowest BCUT2D eigenvalue weighted by atomic mass is 9.92. The summed E-state index contributed by atoms with van der Waals surface area (Å²) < 4.78 is 19.1. The lowest BCUT2D eigenvalue weighted by molar-refractivity contribution is -0.137. The highest BCUT2D eigenvalue weighted by Gasteiger charge is 2.19. The summed E-state index contributed by atoms with van der Waals surface area (Å²) in [6.07, 6.45) is 0. The summed E-state index contributed by atoms with van der Waals surface area (Å²) in [7, 11) is 6.42. The summed E-state index contributed by atoms with van der Waals surface area (Å²) in [5.41, 5.74) is 1.29. The summed E-state index contributed by atoms with van der Waals surface area (Å²) in [4.78, 5) is 11.6. The first-order chi connectivity index (χ1) is 7.77. The van der Waals surface area contributed by atoms with Crippen LogP contribution in [0.1, 0.15) is 19.4 Å². The van der Waals surface area contributed by atoms with E-state index in [0.29, 0.717) is 27.4 Å². The second-order valence-corrected chi connectivity index (χ2v) is 5.45. The van der Waals surface area contributed by atoms with Crippen molar-refractivity contribution in [3.63, 3.8) is 0 Å². The third-order valence-corrected chi connectivity index (χ3v) is 4.01. The maximum atomic E-state index is 13.7. The highest BCUT2D eigenvalue weighted by atomic mass is 31.0. The van der Waals surface area contributed by atoms with Crippen LogP contribution in [0.15, 0.2) is 0 Å². The second kappa shape index (κ2) is 5.46. The topological polar surface area (TPSA) is 26.3 Å². The first-order valence-electron chi connectivity index (χ1n) is 5.32. The molecule has 0 aliphatic rings. The fraction of sp³-hybridized carbons (Fsp3) is 0.364. The number of carbonyl (C=O) groups excluding carboxylic acids is 1. The van der Waals surface area contributed by atoms with E-state index in [2.05, 4.69) is 18.5 Å². The van der Waals surface area contributed by atoms with Crippen LogP contribution >= 0.6 is 18.5 Å². The zero-order valence-corrected chi connectivity index (χ0v) is 12.7. The normalized spacial score (nSPS) is 10.8. The first kappa shape index (κ1) is 14.6. The molecule has 0 heterocycles. The summed E-state index contributed by atoms with van der Waals surface area (Å²) in [6.45, 7) is 5.27. The third-order valence-electron chi connectivity index (χ3n) is 2.64. The quantitative estimate of drug-likeness (QED) is 0.327. The molecule has 0 fully saturated rings. The van der Waals surface area contributed by atoms with Crippen molar-refractivity contribution in [1.29, 1.82) is 0 Å². The van der Waals surface area contributed by atoms with Crippen LogP contribution in [-0.2, 0) is 4.79 Å². The molecule has 6 heteroatoms. The molecule has 0 bridgehead atoms. The monoisotopic (exact) mass is 272 g/mol. The van der Waals surface area contributed by atoms with Gasteiger partial charge in [0.05, 0.1) is 5.92 Å². The Morgan fingerprint density at radius 3 is 2.35 bits per heavy atom. The van der Waals surface area contributed by atoms with Crippen LogP contribution in [0.4, 0.5) is 4.39 Å². The van der Waals surface area contributed by atoms with E-state index in [9.17, 15) is 9.18 Å². The standard InChI is InChI=1S/C11H16BFO2P2/c1-4(2)11(14)15-8-5(3)9(16)7(13)10(17)6(8)12/h4H,12,16-17H2,1-3H3. The predicted molar refractivity (Wildman–Crippen MR) is 78.5 cm³/mol. The number of carbonyl (C=O) groups is 1. The molecular formula is C11H16BFO2P2. The van der Waals surface area contributed by atoms with Crippen LogP contribution < -0.4 is 20.8 Å². The molecule has 0 saturated carbocycles. The van der Waals surface area contributed by atoms with E-state index >= 15 is 0 Å². The molecule has 92 valence electrons. The van der Waals surface area contributed by atoms with Crippen LogP contribution in [0.2, 0.25) is 0 Å². The Kier molecular flexibility index (Phi) is 4.69. The molecule has 17 heavy (non-hydrogen) atoms. The van der Waals surface area contributed by atoms with E-state index in [0.717, 1.165) is 0 Å². The van der Waals surface area contributed by atoms with Gasteiger partial charge in [-0.05, 0) is 12.4 Å². The number of benzene rings is 1. The molecule has 0 aliphatic carbocycles. The van der Waals surface area contributed by atoms with Crippen molar-refractivity contribution in [2.45, 2.75) is 20.8 Å². The molecule has 0 radical (unpaired) electrons. The van der Waals surface area contributed by atoms with Gasteiger partial charge in [0.15, 0.2) is 0 Å². The van der Waals surface area contributed by atoms with Crippen LogP contribution in [-0.4, -0.2) is 13.8 Å². The summed E-state index contributed by atoms with van der Waals surface area (Å²) >= 11 is 0. The van der Waals surface area contributed by atoms with Gasteiger partial charge in [-0.3, -0.25) is 4.79 Å². The van der Waals surface area contributed by atoms with Gasteiger partial charge in [-0.25, -0.2) is 4.39 Å². The smallest absolute Gasteiger partial charge is 0.313 e. The fourth-order valence-electron chi connectivity index (χ4n) is 1.37. The molecule has 0 amide bonds. The van der Waals surface area contributed by atoms with Gasteiger partial charge >= 0.3 is 5.97 Å². The number of halogens is 1. The van der Waals surface area contributed by atoms with Crippen molar-refractivity contribution in [2.24, 2.45) is 5.92 Å². The highest BCUT2D eigenvalue weighted by molar-refractivity contribution is 7.30. The van der Waals surface area contributed by atoms with Crippen LogP contribution in [0.5, 0.6) is 5.75 Å². The van der Waals surface area contributed by atoms with E-state index in [1.165, 1.54) is 0 Å². The minimum absolute atomic E-state index is 0.209. The SMILES string of the molecule is Bc1c(P)c(F)c(P)c(C)c1OC(=O)C(C)C. The van der Waals surface area contributed by atoms with E-state index in [1.807, 2.05) is 0 Å². The Morgan fingerprint density at radius 1 is 1.35 bits per heavy atom. The Balaban J connectivity index is 3.30. The molecule has 2 atom stereocenters. The van der Waals surface area contributed by atoms with Gasteiger partial charge < -0.3 is 4.74 Å². The number of ether oxygens (including phenoxy) is 1. The molecule has 0 aromatic heterocycles. The van der Waals surface area contributed by atoms with Gasteiger partial charge in [0.1, 0.15) is 19.4 Å². The van der Waals surface area contributed by atoms with Crippen molar-refractivity contribution >= 4 is 48.4 Å². The zero-order chi connectivity index (χ0) is 13.3. The molecule has 0 N–H and O–H groups in total. The molecule has 0 saturated heterocycles. The van der Waals surface area contributed by atoms with E-state index in [-0.39, 0.29) is 17.7 Å². The van der Waals surface area contributed by atoms with E-state index in [1.54, 1.807) is 28.6 Å². The summed E-state index contributed by atoms with van der Waals surface area (Å²) in [5, 5.41) is 0.874. The van der Waals surface area contributed by atoms with Crippen LogP contribution in [0.25, 0.3) is 0 Å². The average Bonchev–Trinajstić information content (AvgIpc) is 2.29. The van der Waals surface area contributed by atoms with E-state index < -0.39 is 0 Å². The Labute approximate surface area is 107 Å². The number of esters is 1. The van der Waals surface area contributed by atoms with Gasteiger partial charge in [0, 0.05) is 16.2 Å². The molecule has 0 spiro atoms. The van der Waals surface area contributed by atoms with Crippen LogP contribution in [0.3, 0.4) is 0 Å². The van der Waals surface area contributed by atoms with Gasteiger partial charge in [-0.1, -0.05) is 13.8 Å². The zero-order valence-electron chi connectivity index (χ0n) is 10.4. The Morgan fingerprint density at radius 2 is 1.88 bits per heavy atom. The lowest BCUT2D eigenvalue weighted by Gasteiger charge is -2.17. The second-order valence-electron chi connectivity index (χ2n) is 4.30. The van der Waals surface area contributed by atoms with E-state index in [4.69, 9.17) is 4.74 Å².